The van der Waals surface area contributed by atoms with Gasteiger partial charge in [-0.15, -0.1) is 0 Å². The van der Waals surface area contributed by atoms with Crippen molar-refractivity contribution in [2.45, 2.75) is 4.90 Å². The molecule has 0 amide bonds. The van der Waals surface area contributed by atoms with Crippen LogP contribution in [-0.2, 0) is 0 Å². The minimum absolute atomic E-state index is 0.0148. The minimum Gasteiger partial charge on any atom is -0.500 e. The minimum atomic E-state index is -0.696. The molecule has 0 unspecified atom stereocenters. The Hall–Kier alpha value is -2.80. The molecular weight excluding hydrogens is 318 g/mol. The molecule has 0 aliphatic carbocycles. The van der Waals surface area contributed by atoms with E-state index in [1.807, 2.05) is 12.1 Å². The summed E-state index contributed by atoms with van der Waals surface area (Å²) in [7, 11) is 1.31. The summed E-state index contributed by atoms with van der Waals surface area (Å²) in [5.74, 6) is -0.673. The number of Topliss-reactive ketones (excluding diaryl/α,β-unsaturated/α-hetero) is 1. The molecule has 116 valence electrons. The highest BCUT2D eigenvalue weighted by molar-refractivity contribution is 8.04. The van der Waals surface area contributed by atoms with Crippen LogP contribution in [0.4, 0.5) is 5.69 Å². The Kier molecular flexibility index (Phi) is 3.79. The lowest BCUT2D eigenvalue weighted by Crippen LogP contribution is -1.95. The van der Waals surface area contributed by atoms with Crippen LogP contribution in [0.15, 0.2) is 46.2 Å². The first-order valence-electron chi connectivity index (χ1n) is 6.60. The number of allylic oxidation sites excluding steroid dienone is 1. The fourth-order valence-corrected chi connectivity index (χ4v) is 3.33. The van der Waals surface area contributed by atoms with E-state index in [9.17, 15) is 20.0 Å². The molecule has 1 heterocycles. The Labute approximate surface area is 135 Å². The van der Waals surface area contributed by atoms with Crippen LogP contribution >= 0.6 is 11.8 Å². The highest BCUT2D eigenvalue weighted by Crippen LogP contribution is 2.42. The number of benzene rings is 2. The first kappa shape index (κ1) is 15.1. The maximum atomic E-state index is 12.3. The summed E-state index contributed by atoms with van der Waals surface area (Å²) in [4.78, 5) is 24.0. The van der Waals surface area contributed by atoms with E-state index in [2.05, 4.69) is 0 Å². The maximum Gasteiger partial charge on any atom is 0.315 e. The molecule has 3 rings (SSSR count). The molecule has 2 aromatic rings. The van der Waals surface area contributed by atoms with Gasteiger partial charge in [-0.2, -0.15) is 0 Å². The molecule has 7 heteroatoms. The van der Waals surface area contributed by atoms with Gasteiger partial charge in [-0.1, -0.05) is 23.9 Å². The number of hydrogen-bond donors (Lipinski definition) is 1. The Bertz CT molecular complexity index is 860. The number of nitro benzene ring substituents is 1. The molecule has 0 aromatic heterocycles. The number of ether oxygens (including phenoxy) is 1. The van der Waals surface area contributed by atoms with E-state index < -0.39 is 16.4 Å². The Morgan fingerprint density at radius 1 is 1.30 bits per heavy atom. The van der Waals surface area contributed by atoms with E-state index >= 15 is 0 Å². The van der Waals surface area contributed by atoms with Crippen LogP contribution < -0.4 is 4.74 Å². The summed E-state index contributed by atoms with van der Waals surface area (Å²) in [6.07, 6.45) is 1.56. The molecule has 0 atom stereocenters. The van der Waals surface area contributed by atoms with Gasteiger partial charge in [0.1, 0.15) is 0 Å². The maximum absolute atomic E-state index is 12.3. The number of aromatic hydroxyl groups is 1. The summed E-state index contributed by atoms with van der Waals surface area (Å²) in [6, 6.07) is 9.88. The van der Waals surface area contributed by atoms with Crippen molar-refractivity contribution >= 4 is 29.3 Å². The normalized spacial score (nSPS) is 14.8. The number of rotatable bonds is 3. The van der Waals surface area contributed by atoms with Crippen molar-refractivity contribution in [3.8, 4) is 11.5 Å². The fraction of sp³-hybridized carbons (Fsp3) is 0.0625. The van der Waals surface area contributed by atoms with Gasteiger partial charge in [0.2, 0.25) is 11.5 Å². The molecule has 0 bridgehead atoms. The molecule has 0 saturated heterocycles. The van der Waals surface area contributed by atoms with Crippen LogP contribution in [0.1, 0.15) is 15.9 Å². The van der Waals surface area contributed by atoms with Gasteiger partial charge in [-0.05, 0) is 29.8 Å². The third-order valence-corrected chi connectivity index (χ3v) is 4.47. The van der Waals surface area contributed by atoms with Gasteiger partial charge in [-0.3, -0.25) is 14.9 Å². The number of phenols is 1. The number of hydrogen-bond acceptors (Lipinski definition) is 6. The Morgan fingerprint density at radius 3 is 2.70 bits per heavy atom. The second-order valence-corrected chi connectivity index (χ2v) is 5.87. The van der Waals surface area contributed by atoms with E-state index in [4.69, 9.17) is 4.74 Å². The summed E-state index contributed by atoms with van der Waals surface area (Å²) < 4.78 is 4.95. The Morgan fingerprint density at radius 2 is 2.04 bits per heavy atom. The molecule has 0 saturated carbocycles. The molecule has 0 spiro atoms. The molecule has 6 nitrogen and oxygen atoms in total. The zero-order valence-corrected chi connectivity index (χ0v) is 12.8. The number of carbonyl (C=O) groups excluding carboxylic acids is 1. The molecule has 1 N–H and O–H groups in total. The van der Waals surface area contributed by atoms with Crippen molar-refractivity contribution in [1.29, 1.82) is 0 Å². The summed E-state index contributed by atoms with van der Waals surface area (Å²) in [6.45, 7) is 0. The van der Waals surface area contributed by atoms with Crippen LogP contribution in [0.25, 0.3) is 6.08 Å². The zero-order valence-electron chi connectivity index (χ0n) is 12.0. The first-order chi connectivity index (χ1) is 11.0. The highest BCUT2D eigenvalue weighted by atomic mass is 32.2. The van der Waals surface area contributed by atoms with E-state index in [-0.39, 0.29) is 11.5 Å². The SMILES string of the molecule is COc1cc(C=C2Sc3ccccc3C2=O)cc([N+](=O)[O-])c1O. The Balaban J connectivity index is 2.06. The smallest absolute Gasteiger partial charge is 0.315 e. The number of ketones is 1. The van der Waals surface area contributed by atoms with Crippen molar-refractivity contribution in [1.82, 2.24) is 0 Å². The average Bonchev–Trinajstić information content (AvgIpc) is 2.85. The number of methoxy groups -OCH3 is 1. The number of nitrogens with zero attached hydrogens (tertiary/aromatic N) is 1. The lowest BCUT2D eigenvalue weighted by Gasteiger charge is -2.05. The zero-order chi connectivity index (χ0) is 16.6. The second-order valence-electron chi connectivity index (χ2n) is 4.78. The third kappa shape index (κ3) is 2.66. The monoisotopic (exact) mass is 329 g/mol. The lowest BCUT2D eigenvalue weighted by molar-refractivity contribution is -0.386. The lowest BCUT2D eigenvalue weighted by atomic mass is 10.1. The predicted molar refractivity (Wildman–Crippen MR) is 85.9 cm³/mol. The first-order valence-corrected chi connectivity index (χ1v) is 7.41. The second kappa shape index (κ2) is 5.77. The van der Waals surface area contributed by atoms with E-state index in [0.29, 0.717) is 16.0 Å². The van der Waals surface area contributed by atoms with Gasteiger partial charge in [-0.25, -0.2) is 0 Å². The fourth-order valence-electron chi connectivity index (χ4n) is 2.28. The molecule has 0 radical (unpaired) electrons. The molecule has 0 fully saturated rings. The summed E-state index contributed by atoms with van der Waals surface area (Å²) >= 11 is 1.31. The number of fused-ring (bicyclic) bond motifs is 1. The van der Waals surface area contributed by atoms with E-state index in [1.54, 1.807) is 18.2 Å². The van der Waals surface area contributed by atoms with Crippen molar-refractivity contribution in [3.63, 3.8) is 0 Å². The summed E-state index contributed by atoms with van der Waals surface area (Å²) in [5.41, 5.74) is 0.558. The quantitative estimate of drug-likeness (QED) is 0.525. The van der Waals surface area contributed by atoms with Crippen molar-refractivity contribution < 1.29 is 19.6 Å². The standard InChI is InChI=1S/C16H11NO5S/c1-22-12-7-9(6-11(16(12)19)17(20)21)8-14-15(18)10-4-2-3-5-13(10)23-14/h2-8,19H,1H3. The molecule has 1 aliphatic heterocycles. The van der Waals surface area contributed by atoms with Gasteiger partial charge in [0.15, 0.2) is 5.75 Å². The van der Waals surface area contributed by atoms with Gasteiger partial charge in [0.05, 0.1) is 16.9 Å². The largest absolute Gasteiger partial charge is 0.500 e. The topological polar surface area (TPSA) is 89.7 Å². The molecule has 2 aromatic carbocycles. The molecule has 23 heavy (non-hydrogen) atoms. The average molecular weight is 329 g/mol. The van der Waals surface area contributed by atoms with Crippen molar-refractivity contribution in [3.05, 3.63) is 62.5 Å². The number of nitro groups is 1. The van der Waals surface area contributed by atoms with Gasteiger partial charge < -0.3 is 9.84 Å². The van der Waals surface area contributed by atoms with Gasteiger partial charge >= 0.3 is 5.69 Å². The van der Waals surface area contributed by atoms with E-state index in [1.165, 1.54) is 31.0 Å². The van der Waals surface area contributed by atoms with Gasteiger partial charge in [0, 0.05) is 16.5 Å². The molecule has 1 aliphatic rings. The van der Waals surface area contributed by atoms with Crippen LogP contribution in [0.2, 0.25) is 0 Å². The number of phenolic OH excluding ortho intramolecular Hbond substituents is 1. The van der Waals surface area contributed by atoms with Crippen molar-refractivity contribution in [2.75, 3.05) is 7.11 Å². The van der Waals surface area contributed by atoms with Crippen molar-refractivity contribution in [2.24, 2.45) is 0 Å². The summed E-state index contributed by atoms with van der Waals surface area (Å²) in [5, 5.41) is 20.8. The molecular formula is C16H11NO5S. The third-order valence-electron chi connectivity index (χ3n) is 3.37. The number of thioether (sulfide) groups is 1. The van der Waals surface area contributed by atoms with Crippen LogP contribution in [-0.4, -0.2) is 22.9 Å². The number of carbonyl (C=O) groups is 1. The van der Waals surface area contributed by atoms with Gasteiger partial charge in [0.25, 0.3) is 0 Å². The van der Waals surface area contributed by atoms with E-state index in [0.717, 1.165) is 4.90 Å². The predicted octanol–water partition coefficient (Wildman–Crippen LogP) is 3.64. The highest BCUT2D eigenvalue weighted by Gasteiger charge is 2.26. The van der Waals surface area contributed by atoms with Crippen LogP contribution in [0.3, 0.4) is 0 Å². The van der Waals surface area contributed by atoms with Crippen LogP contribution in [0.5, 0.6) is 11.5 Å². The van der Waals surface area contributed by atoms with Crippen LogP contribution in [0, 0.1) is 10.1 Å².